The van der Waals surface area contributed by atoms with Crippen LogP contribution in [0.1, 0.15) is 17.8 Å². The van der Waals surface area contributed by atoms with Crippen molar-refractivity contribution in [2.75, 3.05) is 46.8 Å². The summed E-state index contributed by atoms with van der Waals surface area (Å²) in [5.74, 6) is 0.206. The van der Waals surface area contributed by atoms with E-state index in [0.717, 1.165) is 44.1 Å². The van der Waals surface area contributed by atoms with Crippen LogP contribution >= 0.6 is 0 Å². The fraction of sp³-hybridized carbons (Fsp3) is 0.647. The molecule has 0 N–H and O–H groups in total. The Morgan fingerprint density at radius 2 is 2.00 bits per heavy atom. The van der Waals surface area contributed by atoms with Crippen molar-refractivity contribution in [3.63, 3.8) is 0 Å². The maximum Gasteiger partial charge on any atom is 0.236 e. The first-order valence-corrected chi connectivity index (χ1v) is 8.03. The first-order valence-electron chi connectivity index (χ1n) is 8.03. The number of carbonyl (C=O) groups excluding carboxylic acids is 1. The van der Waals surface area contributed by atoms with Crippen molar-refractivity contribution in [1.82, 2.24) is 19.7 Å². The Kier molecular flexibility index (Phi) is 4.19. The third kappa shape index (κ3) is 3.31. The van der Waals surface area contributed by atoms with Gasteiger partial charge in [0.15, 0.2) is 0 Å². The summed E-state index contributed by atoms with van der Waals surface area (Å²) in [5, 5.41) is 0. The van der Waals surface area contributed by atoms with E-state index in [0.29, 0.717) is 12.0 Å². The van der Waals surface area contributed by atoms with Crippen molar-refractivity contribution < 1.29 is 4.79 Å². The topological polar surface area (TPSA) is 39.7 Å². The zero-order valence-corrected chi connectivity index (χ0v) is 13.9. The predicted octanol–water partition coefficient (Wildman–Crippen LogP) is 0.986. The molecular weight excluding hydrogens is 276 g/mol. The van der Waals surface area contributed by atoms with Crippen LogP contribution in [0.3, 0.4) is 0 Å². The standard InChI is InChI=1S/C17H26N4O/c1-14-5-4-6-15(18-14)9-21-12-17(13-21)7-8-20(11-17)10-16(22)19(2)3/h4-6H,7-13H2,1-3H3. The molecule has 0 aliphatic carbocycles. The van der Waals surface area contributed by atoms with Crippen LogP contribution < -0.4 is 0 Å². The van der Waals surface area contributed by atoms with Crippen LogP contribution in [0.2, 0.25) is 0 Å². The number of pyridine rings is 1. The fourth-order valence-electron chi connectivity index (χ4n) is 3.68. The van der Waals surface area contributed by atoms with Gasteiger partial charge >= 0.3 is 0 Å². The number of likely N-dealkylation sites (tertiary alicyclic amines) is 2. The average molecular weight is 302 g/mol. The number of aryl methyl sites for hydroxylation is 1. The molecule has 22 heavy (non-hydrogen) atoms. The SMILES string of the molecule is Cc1cccc(CN2CC3(CCN(CC(=O)N(C)C)C3)C2)n1. The second-order valence-corrected chi connectivity index (χ2v) is 7.16. The molecule has 120 valence electrons. The monoisotopic (exact) mass is 302 g/mol. The van der Waals surface area contributed by atoms with E-state index in [1.165, 1.54) is 6.42 Å². The van der Waals surface area contributed by atoms with E-state index in [1.807, 2.05) is 27.1 Å². The van der Waals surface area contributed by atoms with E-state index in [9.17, 15) is 4.79 Å². The predicted molar refractivity (Wildman–Crippen MR) is 86.4 cm³/mol. The molecule has 2 aliphatic heterocycles. The molecule has 1 spiro atoms. The first-order chi connectivity index (χ1) is 10.5. The normalized spacial score (nSPS) is 21.0. The van der Waals surface area contributed by atoms with Crippen molar-refractivity contribution >= 4 is 5.91 Å². The largest absolute Gasteiger partial charge is 0.348 e. The van der Waals surface area contributed by atoms with Crippen molar-refractivity contribution in [3.05, 3.63) is 29.6 Å². The summed E-state index contributed by atoms with van der Waals surface area (Å²) in [6.07, 6.45) is 1.21. The van der Waals surface area contributed by atoms with Crippen molar-refractivity contribution in [2.45, 2.75) is 19.9 Å². The number of hydrogen-bond acceptors (Lipinski definition) is 4. The van der Waals surface area contributed by atoms with Crippen molar-refractivity contribution in [2.24, 2.45) is 5.41 Å². The third-order valence-corrected chi connectivity index (χ3v) is 4.82. The summed E-state index contributed by atoms with van der Waals surface area (Å²) < 4.78 is 0. The van der Waals surface area contributed by atoms with Gasteiger partial charge < -0.3 is 4.90 Å². The molecule has 0 saturated carbocycles. The molecule has 0 radical (unpaired) electrons. The molecule has 1 aromatic heterocycles. The Hall–Kier alpha value is -1.46. The van der Waals surface area contributed by atoms with Crippen LogP contribution in [-0.4, -0.2) is 72.4 Å². The Balaban J connectivity index is 1.48. The average Bonchev–Trinajstić information content (AvgIpc) is 2.82. The van der Waals surface area contributed by atoms with E-state index in [1.54, 1.807) is 4.90 Å². The minimum atomic E-state index is 0.206. The second-order valence-electron chi connectivity index (χ2n) is 7.16. The van der Waals surface area contributed by atoms with Crippen LogP contribution in [0, 0.1) is 12.3 Å². The van der Waals surface area contributed by atoms with Gasteiger partial charge in [-0.1, -0.05) is 6.07 Å². The van der Waals surface area contributed by atoms with Crippen LogP contribution in [0.25, 0.3) is 0 Å². The number of aromatic nitrogens is 1. The van der Waals surface area contributed by atoms with E-state index in [4.69, 9.17) is 0 Å². The van der Waals surface area contributed by atoms with Gasteiger partial charge in [0.25, 0.3) is 0 Å². The molecule has 0 bridgehead atoms. The number of amides is 1. The van der Waals surface area contributed by atoms with Gasteiger partial charge in [0.1, 0.15) is 0 Å². The van der Waals surface area contributed by atoms with Gasteiger partial charge in [0.05, 0.1) is 12.2 Å². The lowest BCUT2D eigenvalue weighted by Gasteiger charge is -2.48. The zero-order chi connectivity index (χ0) is 15.7. The molecule has 2 aliphatic rings. The molecule has 0 aromatic carbocycles. The van der Waals surface area contributed by atoms with Crippen LogP contribution in [-0.2, 0) is 11.3 Å². The minimum absolute atomic E-state index is 0.206. The van der Waals surface area contributed by atoms with Crippen LogP contribution in [0.5, 0.6) is 0 Å². The lowest BCUT2D eigenvalue weighted by molar-refractivity contribution is -0.129. The van der Waals surface area contributed by atoms with Crippen molar-refractivity contribution in [3.8, 4) is 0 Å². The lowest BCUT2D eigenvalue weighted by atomic mass is 9.79. The van der Waals surface area contributed by atoms with Gasteiger partial charge in [-0.05, 0) is 32.0 Å². The molecule has 5 heteroatoms. The highest BCUT2D eigenvalue weighted by Crippen LogP contribution is 2.39. The van der Waals surface area contributed by atoms with Gasteiger partial charge in [-0.3, -0.25) is 19.6 Å². The van der Waals surface area contributed by atoms with E-state index in [-0.39, 0.29) is 5.91 Å². The number of rotatable bonds is 4. The Morgan fingerprint density at radius 1 is 1.27 bits per heavy atom. The summed E-state index contributed by atoms with van der Waals surface area (Å²) in [5.41, 5.74) is 2.66. The van der Waals surface area contributed by atoms with Gasteiger partial charge in [-0.15, -0.1) is 0 Å². The molecule has 2 saturated heterocycles. The highest BCUT2D eigenvalue weighted by molar-refractivity contribution is 5.77. The molecule has 0 atom stereocenters. The third-order valence-electron chi connectivity index (χ3n) is 4.82. The van der Waals surface area contributed by atoms with Gasteiger partial charge in [0.2, 0.25) is 5.91 Å². The highest BCUT2D eigenvalue weighted by Gasteiger charge is 2.47. The second kappa shape index (κ2) is 5.97. The molecule has 5 nitrogen and oxygen atoms in total. The smallest absolute Gasteiger partial charge is 0.236 e. The Labute approximate surface area is 132 Å². The summed E-state index contributed by atoms with van der Waals surface area (Å²) in [7, 11) is 3.65. The van der Waals surface area contributed by atoms with Gasteiger partial charge in [-0.25, -0.2) is 0 Å². The molecule has 1 aromatic rings. The molecule has 3 rings (SSSR count). The van der Waals surface area contributed by atoms with E-state index in [2.05, 4.69) is 26.9 Å². The summed E-state index contributed by atoms with van der Waals surface area (Å²) in [4.78, 5) is 22.9. The summed E-state index contributed by atoms with van der Waals surface area (Å²) in [6, 6.07) is 6.23. The van der Waals surface area contributed by atoms with Gasteiger partial charge in [-0.2, -0.15) is 0 Å². The molecule has 1 amide bonds. The number of carbonyl (C=O) groups is 1. The molecule has 2 fully saturated rings. The van der Waals surface area contributed by atoms with Crippen LogP contribution in [0.4, 0.5) is 0 Å². The minimum Gasteiger partial charge on any atom is -0.348 e. The number of likely N-dealkylation sites (N-methyl/N-ethyl adjacent to an activating group) is 1. The fourth-order valence-corrected chi connectivity index (χ4v) is 3.68. The highest BCUT2D eigenvalue weighted by atomic mass is 16.2. The Bertz CT molecular complexity index is 551. The maximum absolute atomic E-state index is 11.8. The lowest BCUT2D eigenvalue weighted by Crippen LogP contribution is -2.57. The Morgan fingerprint density at radius 3 is 2.68 bits per heavy atom. The number of nitrogens with zero attached hydrogens (tertiary/aromatic N) is 4. The molecule has 3 heterocycles. The summed E-state index contributed by atoms with van der Waals surface area (Å²) >= 11 is 0. The van der Waals surface area contributed by atoms with Gasteiger partial charge in [0, 0.05) is 51.4 Å². The van der Waals surface area contributed by atoms with E-state index >= 15 is 0 Å². The summed E-state index contributed by atoms with van der Waals surface area (Å²) in [6.45, 7) is 7.93. The molecule has 0 unspecified atom stereocenters. The maximum atomic E-state index is 11.8. The van der Waals surface area contributed by atoms with Crippen molar-refractivity contribution in [1.29, 1.82) is 0 Å². The molecular formula is C17H26N4O. The van der Waals surface area contributed by atoms with Crippen LogP contribution in [0.15, 0.2) is 18.2 Å². The number of hydrogen-bond donors (Lipinski definition) is 0. The zero-order valence-electron chi connectivity index (χ0n) is 13.9. The van der Waals surface area contributed by atoms with E-state index < -0.39 is 0 Å². The first kappa shape index (κ1) is 15.4. The quantitative estimate of drug-likeness (QED) is 0.831.